The summed E-state index contributed by atoms with van der Waals surface area (Å²) >= 11 is 1.59. The maximum atomic E-state index is 11.2. The Labute approximate surface area is 127 Å². The zero-order valence-electron chi connectivity index (χ0n) is 12.1. The van der Waals surface area contributed by atoms with Crippen LogP contribution >= 0.6 is 11.3 Å². The molecule has 21 heavy (non-hydrogen) atoms. The van der Waals surface area contributed by atoms with Crippen molar-refractivity contribution in [2.24, 2.45) is 0 Å². The highest BCUT2D eigenvalue weighted by Gasteiger charge is 2.06. The predicted molar refractivity (Wildman–Crippen MR) is 82.4 cm³/mol. The molecular weight excluding hydrogens is 290 g/mol. The highest BCUT2D eigenvalue weighted by Crippen LogP contribution is 2.25. The zero-order chi connectivity index (χ0) is 15.2. The molecule has 2 aromatic rings. The summed E-state index contributed by atoms with van der Waals surface area (Å²) in [6, 6.07) is 7.42. The Morgan fingerprint density at radius 3 is 2.67 bits per heavy atom. The largest absolute Gasteiger partial charge is 0.496 e. The van der Waals surface area contributed by atoms with Gasteiger partial charge in [0, 0.05) is 15.9 Å². The fraction of sp³-hybridized carbons (Fsp3) is 0.267. The van der Waals surface area contributed by atoms with E-state index in [1.165, 1.54) is 7.11 Å². The first-order chi connectivity index (χ1) is 10.1. The van der Waals surface area contributed by atoms with Crippen molar-refractivity contribution in [1.29, 1.82) is 0 Å². The topological polar surface area (TPSA) is 56.8 Å². The first kappa shape index (κ1) is 15.2. The van der Waals surface area contributed by atoms with Crippen LogP contribution in [0.3, 0.4) is 0 Å². The molecule has 0 atom stereocenters. The lowest BCUT2D eigenvalue weighted by Gasteiger charge is -2.10. The third-order valence-corrected chi connectivity index (χ3v) is 3.76. The van der Waals surface area contributed by atoms with Gasteiger partial charge in [-0.3, -0.25) is 5.32 Å². The number of thiophene rings is 1. The third kappa shape index (κ3) is 4.13. The molecule has 5 nitrogen and oxygen atoms in total. The molecule has 1 N–H and O–H groups in total. The van der Waals surface area contributed by atoms with Gasteiger partial charge in [0.25, 0.3) is 0 Å². The summed E-state index contributed by atoms with van der Waals surface area (Å²) in [5.74, 6) is 1.59. The number of amides is 1. The molecule has 0 unspecified atom stereocenters. The van der Waals surface area contributed by atoms with Gasteiger partial charge in [0.2, 0.25) is 0 Å². The van der Waals surface area contributed by atoms with E-state index in [1.54, 1.807) is 24.5 Å². The van der Waals surface area contributed by atoms with Crippen molar-refractivity contribution in [1.82, 2.24) is 0 Å². The van der Waals surface area contributed by atoms with Gasteiger partial charge in [0.05, 0.1) is 14.2 Å². The zero-order valence-corrected chi connectivity index (χ0v) is 13.0. The molecule has 0 aliphatic heterocycles. The van der Waals surface area contributed by atoms with E-state index >= 15 is 0 Å². The van der Waals surface area contributed by atoms with Crippen LogP contribution in [-0.2, 0) is 11.3 Å². The third-order valence-electron chi connectivity index (χ3n) is 2.87. The number of ether oxygens (including phenoxy) is 3. The SMILES string of the molecule is COC(=O)Nc1ccc(OCc2cc(OC)cs2)cc1C. The van der Waals surface area contributed by atoms with E-state index in [4.69, 9.17) is 9.47 Å². The Balaban J connectivity index is 1.98. The summed E-state index contributed by atoms with van der Waals surface area (Å²) in [5, 5.41) is 4.58. The molecule has 0 saturated carbocycles. The number of rotatable bonds is 5. The molecule has 1 aromatic carbocycles. The van der Waals surface area contributed by atoms with E-state index in [0.29, 0.717) is 12.3 Å². The molecule has 0 spiro atoms. The second-order valence-corrected chi connectivity index (χ2v) is 5.33. The van der Waals surface area contributed by atoms with Crippen molar-refractivity contribution in [3.8, 4) is 11.5 Å². The molecule has 0 saturated heterocycles. The summed E-state index contributed by atoms with van der Waals surface area (Å²) in [6.07, 6.45) is -0.488. The van der Waals surface area contributed by atoms with Crippen LogP contribution in [0.1, 0.15) is 10.4 Å². The number of anilines is 1. The summed E-state index contributed by atoms with van der Waals surface area (Å²) in [4.78, 5) is 12.3. The molecule has 0 radical (unpaired) electrons. The van der Waals surface area contributed by atoms with Crippen LogP contribution in [0.4, 0.5) is 10.5 Å². The molecule has 0 aliphatic rings. The fourth-order valence-corrected chi connectivity index (χ4v) is 2.47. The first-order valence-electron chi connectivity index (χ1n) is 6.32. The maximum absolute atomic E-state index is 11.2. The first-order valence-corrected chi connectivity index (χ1v) is 7.20. The Morgan fingerprint density at radius 1 is 1.24 bits per heavy atom. The van der Waals surface area contributed by atoms with Crippen LogP contribution in [0.25, 0.3) is 0 Å². The minimum atomic E-state index is -0.488. The van der Waals surface area contributed by atoms with E-state index < -0.39 is 6.09 Å². The van der Waals surface area contributed by atoms with Crippen LogP contribution in [0.2, 0.25) is 0 Å². The number of carbonyl (C=O) groups is 1. The highest BCUT2D eigenvalue weighted by molar-refractivity contribution is 7.10. The number of methoxy groups -OCH3 is 2. The fourth-order valence-electron chi connectivity index (χ4n) is 1.72. The lowest BCUT2D eigenvalue weighted by molar-refractivity contribution is 0.187. The van der Waals surface area contributed by atoms with Crippen LogP contribution in [-0.4, -0.2) is 20.3 Å². The van der Waals surface area contributed by atoms with E-state index in [2.05, 4.69) is 10.1 Å². The molecule has 1 aromatic heterocycles. The minimum absolute atomic E-state index is 0.483. The maximum Gasteiger partial charge on any atom is 0.411 e. The Kier molecular flexibility index (Phi) is 5.05. The van der Waals surface area contributed by atoms with E-state index in [-0.39, 0.29) is 0 Å². The van der Waals surface area contributed by atoms with Gasteiger partial charge < -0.3 is 14.2 Å². The monoisotopic (exact) mass is 307 g/mol. The summed E-state index contributed by atoms with van der Waals surface area (Å²) in [6.45, 7) is 2.38. The quantitative estimate of drug-likeness (QED) is 0.912. The lowest BCUT2D eigenvalue weighted by Crippen LogP contribution is -2.11. The van der Waals surface area contributed by atoms with E-state index in [1.807, 2.05) is 30.5 Å². The van der Waals surface area contributed by atoms with Crippen molar-refractivity contribution in [3.63, 3.8) is 0 Å². The second-order valence-electron chi connectivity index (χ2n) is 4.33. The molecule has 0 fully saturated rings. The van der Waals surface area contributed by atoms with Gasteiger partial charge in [-0.2, -0.15) is 0 Å². The average molecular weight is 307 g/mol. The van der Waals surface area contributed by atoms with Gasteiger partial charge in [-0.05, 0) is 36.8 Å². The molecule has 0 aliphatic carbocycles. The number of hydrogen-bond donors (Lipinski definition) is 1. The number of carbonyl (C=O) groups excluding carboxylic acids is 1. The number of aryl methyl sites for hydroxylation is 1. The van der Waals surface area contributed by atoms with Crippen molar-refractivity contribution in [3.05, 3.63) is 40.1 Å². The minimum Gasteiger partial charge on any atom is -0.496 e. The summed E-state index contributed by atoms with van der Waals surface area (Å²) < 4.78 is 15.4. The van der Waals surface area contributed by atoms with Crippen molar-refractivity contribution >= 4 is 23.1 Å². The van der Waals surface area contributed by atoms with Crippen LogP contribution < -0.4 is 14.8 Å². The smallest absolute Gasteiger partial charge is 0.411 e. The average Bonchev–Trinajstić information content (AvgIpc) is 2.95. The second kappa shape index (κ2) is 6.99. The van der Waals surface area contributed by atoms with E-state index in [0.717, 1.165) is 21.9 Å². The molecule has 1 heterocycles. The molecule has 2 rings (SSSR count). The van der Waals surface area contributed by atoms with Crippen molar-refractivity contribution in [2.45, 2.75) is 13.5 Å². The normalized spacial score (nSPS) is 10.0. The molecule has 112 valence electrons. The van der Waals surface area contributed by atoms with E-state index in [9.17, 15) is 4.79 Å². The van der Waals surface area contributed by atoms with Gasteiger partial charge in [0.1, 0.15) is 18.1 Å². The van der Waals surface area contributed by atoms with Crippen LogP contribution in [0.5, 0.6) is 11.5 Å². The van der Waals surface area contributed by atoms with Gasteiger partial charge in [-0.15, -0.1) is 11.3 Å². The number of hydrogen-bond acceptors (Lipinski definition) is 5. The molecule has 1 amide bonds. The molecule has 6 heteroatoms. The standard InChI is InChI=1S/C15H17NO4S/c1-10-6-11(4-5-14(10)16-15(17)19-3)20-8-13-7-12(18-2)9-21-13/h4-7,9H,8H2,1-3H3,(H,16,17). The Morgan fingerprint density at radius 2 is 2.05 bits per heavy atom. The van der Waals surface area contributed by atoms with Gasteiger partial charge >= 0.3 is 6.09 Å². The highest BCUT2D eigenvalue weighted by atomic mass is 32.1. The van der Waals surface area contributed by atoms with Gasteiger partial charge in [-0.25, -0.2) is 4.79 Å². The lowest BCUT2D eigenvalue weighted by atomic mass is 10.2. The summed E-state index contributed by atoms with van der Waals surface area (Å²) in [5.41, 5.74) is 1.61. The van der Waals surface area contributed by atoms with Crippen molar-refractivity contribution < 1.29 is 19.0 Å². The number of benzene rings is 1. The Hall–Kier alpha value is -2.21. The van der Waals surface area contributed by atoms with Crippen LogP contribution in [0.15, 0.2) is 29.6 Å². The van der Waals surface area contributed by atoms with Crippen LogP contribution in [0, 0.1) is 6.92 Å². The molecule has 0 bridgehead atoms. The van der Waals surface area contributed by atoms with Crippen molar-refractivity contribution in [2.75, 3.05) is 19.5 Å². The molecular formula is C15H17NO4S. The number of nitrogens with one attached hydrogen (secondary N) is 1. The Bertz CT molecular complexity index is 624. The van der Waals surface area contributed by atoms with Gasteiger partial charge in [0.15, 0.2) is 0 Å². The predicted octanol–water partition coefficient (Wildman–Crippen LogP) is 3.82. The summed E-state index contributed by atoms with van der Waals surface area (Å²) in [7, 11) is 2.97. The van der Waals surface area contributed by atoms with Gasteiger partial charge in [-0.1, -0.05) is 0 Å².